The van der Waals surface area contributed by atoms with E-state index in [4.69, 9.17) is 0 Å². The summed E-state index contributed by atoms with van der Waals surface area (Å²) in [5.41, 5.74) is 1.07. The molecule has 1 N–H and O–H groups in total. The van der Waals surface area contributed by atoms with Gasteiger partial charge in [-0.1, -0.05) is 12.1 Å². The molecular weight excluding hydrogens is 273 g/mol. The van der Waals surface area contributed by atoms with Crippen molar-refractivity contribution in [3.8, 4) is 0 Å². The van der Waals surface area contributed by atoms with Crippen LogP contribution in [-0.4, -0.2) is 28.4 Å². The molecule has 1 saturated heterocycles. The van der Waals surface area contributed by atoms with Crippen LogP contribution in [-0.2, 0) is 9.59 Å². The fourth-order valence-corrected chi connectivity index (χ4v) is 2.98. The van der Waals surface area contributed by atoms with Crippen LogP contribution in [0.15, 0.2) is 18.2 Å². The van der Waals surface area contributed by atoms with Crippen LogP contribution in [0.1, 0.15) is 43.4 Å². The van der Waals surface area contributed by atoms with E-state index in [0.717, 1.165) is 0 Å². The Balaban J connectivity index is 2.50. The van der Waals surface area contributed by atoms with Gasteiger partial charge < -0.3 is 10.0 Å². The van der Waals surface area contributed by atoms with E-state index in [9.17, 15) is 19.1 Å². The first kappa shape index (κ1) is 15.5. The molecule has 5 heteroatoms. The van der Waals surface area contributed by atoms with E-state index < -0.39 is 17.9 Å². The Hall–Kier alpha value is -1.91. The summed E-state index contributed by atoms with van der Waals surface area (Å²) < 4.78 is 13.8. The highest BCUT2D eigenvalue weighted by atomic mass is 19.1. The summed E-state index contributed by atoms with van der Waals surface area (Å²) in [6.07, 6.45) is 1.33. The maximum Gasteiger partial charge on any atom is 0.308 e. The molecule has 0 aromatic heterocycles. The Labute approximate surface area is 123 Å². The SMILES string of the molecule is CCN1C(=O)CCCC(C(=O)O)C1c1ccc(C)c(F)c1. The molecule has 1 aromatic rings. The molecule has 1 aromatic carbocycles. The van der Waals surface area contributed by atoms with Gasteiger partial charge in [-0.15, -0.1) is 0 Å². The Morgan fingerprint density at radius 2 is 2.19 bits per heavy atom. The van der Waals surface area contributed by atoms with E-state index in [0.29, 0.717) is 36.9 Å². The number of nitrogens with zero attached hydrogens (tertiary/aromatic N) is 1. The lowest BCUT2D eigenvalue weighted by atomic mass is 9.88. The number of likely N-dealkylation sites (tertiary alicyclic amines) is 1. The van der Waals surface area contributed by atoms with E-state index in [1.807, 2.05) is 6.92 Å². The highest BCUT2D eigenvalue weighted by Crippen LogP contribution is 2.36. The number of aliphatic carboxylic acids is 1. The second kappa shape index (κ2) is 6.24. The number of hydrogen-bond donors (Lipinski definition) is 1. The van der Waals surface area contributed by atoms with E-state index in [-0.39, 0.29) is 11.7 Å². The van der Waals surface area contributed by atoms with Crippen molar-refractivity contribution in [2.75, 3.05) is 6.54 Å². The summed E-state index contributed by atoms with van der Waals surface area (Å²) in [6, 6.07) is 4.11. The molecule has 1 aliphatic rings. The lowest BCUT2D eigenvalue weighted by Crippen LogP contribution is -2.38. The Kier molecular flexibility index (Phi) is 4.60. The van der Waals surface area contributed by atoms with Crippen molar-refractivity contribution in [1.29, 1.82) is 0 Å². The number of carbonyl (C=O) groups is 2. The van der Waals surface area contributed by atoms with Gasteiger partial charge in [0.2, 0.25) is 5.91 Å². The van der Waals surface area contributed by atoms with Crippen molar-refractivity contribution >= 4 is 11.9 Å². The zero-order valence-electron chi connectivity index (χ0n) is 12.3. The zero-order chi connectivity index (χ0) is 15.6. The predicted octanol–water partition coefficient (Wildman–Crippen LogP) is 2.91. The van der Waals surface area contributed by atoms with Crippen molar-refractivity contribution in [2.24, 2.45) is 5.92 Å². The molecule has 2 atom stereocenters. The number of rotatable bonds is 3. The summed E-state index contributed by atoms with van der Waals surface area (Å²) in [5, 5.41) is 9.49. The van der Waals surface area contributed by atoms with Crippen LogP contribution in [0.5, 0.6) is 0 Å². The third-order valence-electron chi connectivity index (χ3n) is 4.14. The molecule has 0 spiro atoms. The largest absolute Gasteiger partial charge is 0.481 e. The second-order valence-electron chi connectivity index (χ2n) is 5.47. The number of aryl methyl sites for hydroxylation is 1. The van der Waals surface area contributed by atoms with Crippen LogP contribution in [0.2, 0.25) is 0 Å². The predicted molar refractivity (Wildman–Crippen MR) is 76.2 cm³/mol. The highest BCUT2D eigenvalue weighted by molar-refractivity contribution is 5.79. The minimum atomic E-state index is -0.936. The van der Waals surface area contributed by atoms with E-state index in [1.54, 1.807) is 24.0 Å². The maximum absolute atomic E-state index is 13.8. The smallest absolute Gasteiger partial charge is 0.308 e. The number of carboxylic acid groups (broad SMARTS) is 1. The topological polar surface area (TPSA) is 57.6 Å². The first-order valence-corrected chi connectivity index (χ1v) is 7.24. The van der Waals surface area contributed by atoms with Crippen molar-refractivity contribution in [3.05, 3.63) is 35.1 Å². The van der Waals surface area contributed by atoms with Gasteiger partial charge in [0.15, 0.2) is 0 Å². The van der Waals surface area contributed by atoms with Gasteiger partial charge in [-0.25, -0.2) is 4.39 Å². The first-order valence-electron chi connectivity index (χ1n) is 7.24. The molecule has 2 unspecified atom stereocenters. The van der Waals surface area contributed by atoms with E-state index in [2.05, 4.69) is 0 Å². The first-order chi connectivity index (χ1) is 9.95. The minimum Gasteiger partial charge on any atom is -0.481 e. The number of halogens is 1. The Morgan fingerprint density at radius 1 is 1.48 bits per heavy atom. The Morgan fingerprint density at radius 3 is 2.76 bits per heavy atom. The molecule has 1 aliphatic heterocycles. The molecule has 2 rings (SSSR count). The van der Waals surface area contributed by atoms with Gasteiger partial charge in [0.1, 0.15) is 5.82 Å². The van der Waals surface area contributed by atoms with E-state index in [1.165, 1.54) is 6.07 Å². The average Bonchev–Trinajstić information content (AvgIpc) is 2.60. The normalized spacial score (nSPS) is 23.0. The molecule has 0 bridgehead atoms. The van der Waals surface area contributed by atoms with E-state index >= 15 is 0 Å². The van der Waals surface area contributed by atoms with Crippen LogP contribution in [0.3, 0.4) is 0 Å². The second-order valence-corrected chi connectivity index (χ2v) is 5.47. The summed E-state index contributed by atoms with van der Waals surface area (Å²) in [5.74, 6) is -2.07. The van der Waals surface area contributed by atoms with Crippen molar-refractivity contribution in [2.45, 2.75) is 39.2 Å². The van der Waals surface area contributed by atoms with Gasteiger partial charge in [0.25, 0.3) is 0 Å². The molecule has 1 heterocycles. The molecule has 0 aliphatic carbocycles. The number of amides is 1. The summed E-state index contributed by atoms with van der Waals surface area (Å²) >= 11 is 0. The fourth-order valence-electron chi connectivity index (χ4n) is 2.98. The number of carboxylic acids is 1. The van der Waals surface area contributed by atoms with Gasteiger partial charge in [0.05, 0.1) is 12.0 Å². The summed E-state index contributed by atoms with van der Waals surface area (Å²) in [6.45, 7) is 3.89. The lowest BCUT2D eigenvalue weighted by molar-refractivity contribution is -0.146. The summed E-state index contributed by atoms with van der Waals surface area (Å²) in [7, 11) is 0. The van der Waals surface area contributed by atoms with Gasteiger partial charge in [0, 0.05) is 13.0 Å². The van der Waals surface area contributed by atoms with Gasteiger partial charge in [-0.05, 0) is 43.9 Å². The zero-order valence-corrected chi connectivity index (χ0v) is 12.3. The molecule has 1 fully saturated rings. The van der Waals surface area contributed by atoms with Crippen molar-refractivity contribution in [1.82, 2.24) is 4.90 Å². The molecular formula is C16H20FNO3. The van der Waals surface area contributed by atoms with Crippen molar-refractivity contribution in [3.63, 3.8) is 0 Å². The molecule has 0 radical (unpaired) electrons. The average molecular weight is 293 g/mol. The van der Waals surface area contributed by atoms with Crippen LogP contribution in [0.25, 0.3) is 0 Å². The molecule has 114 valence electrons. The molecule has 1 amide bonds. The minimum absolute atomic E-state index is 0.0627. The monoisotopic (exact) mass is 293 g/mol. The number of carbonyl (C=O) groups excluding carboxylic acids is 1. The lowest BCUT2D eigenvalue weighted by Gasteiger charge is -2.33. The van der Waals surface area contributed by atoms with Crippen LogP contribution >= 0.6 is 0 Å². The fraction of sp³-hybridized carbons (Fsp3) is 0.500. The summed E-state index contributed by atoms with van der Waals surface area (Å²) in [4.78, 5) is 25.3. The molecule has 0 saturated carbocycles. The third kappa shape index (κ3) is 3.06. The molecule has 21 heavy (non-hydrogen) atoms. The Bertz CT molecular complexity index is 556. The number of hydrogen-bond acceptors (Lipinski definition) is 2. The van der Waals surface area contributed by atoms with Crippen LogP contribution in [0, 0.1) is 18.7 Å². The quantitative estimate of drug-likeness (QED) is 0.932. The maximum atomic E-state index is 13.8. The van der Waals surface area contributed by atoms with Gasteiger partial charge in [-0.2, -0.15) is 0 Å². The van der Waals surface area contributed by atoms with Gasteiger partial charge in [-0.3, -0.25) is 9.59 Å². The van der Waals surface area contributed by atoms with Crippen LogP contribution < -0.4 is 0 Å². The van der Waals surface area contributed by atoms with Crippen molar-refractivity contribution < 1.29 is 19.1 Å². The highest BCUT2D eigenvalue weighted by Gasteiger charge is 2.38. The standard InChI is InChI=1S/C16H20FNO3/c1-3-18-14(19)6-4-5-12(16(20)21)15(18)11-8-7-10(2)13(17)9-11/h7-9,12,15H,3-6H2,1-2H3,(H,20,21). The molecule has 4 nitrogen and oxygen atoms in total. The third-order valence-corrected chi connectivity index (χ3v) is 4.14. The van der Waals surface area contributed by atoms with Crippen LogP contribution in [0.4, 0.5) is 4.39 Å². The number of benzene rings is 1. The van der Waals surface area contributed by atoms with Gasteiger partial charge >= 0.3 is 5.97 Å².